The zero-order valence-corrected chi connectivity index (χ0v) is 13.3. The minimum atomic E-state index is -0.197. The molecule has 2 aliphatic heterocycles. The van der Waals surface area contributed by atoms with Crippen LogP contribution < -0.4 is 4.90 Å². The SMILES string of the molecule is Cc1ccc(N2C[C@@H](C(=O)N3CCN(C)CC3)CC2=O)cc1. The normalized spacial score (nSPS) is 23.2. The number of hydrogen-bond acceptors (Lipinski definition) is 3. The van der Waals surface area contributed by atoms with E-state index < -0.39 is 0 Å². The lowest BCUT2D eigenvalue weighted by Gasteiger charge is -2.33. The molecule has 22 heavy (non-hydrogen) atoms. The van der Waals surface area contributed by atoms with Crippen molar-refractivity contribution in [3.05, 3.63) is 29.8 Å². The zero-order valence-electron chi connectivity index (χ0n) is 13.3. The van der Waals surface area contributed by atoms with Gasteiger partial charge in [0.1, 0.15) is 0 Å². The van der Waals surface area contributed by atoms with Gasteiger partial charge in [-0.15, -0.1) is 0 Å². The van der Waals surface area contributed by atoms with E-state index in [1.807, 2.05) is 36.1 Å². The maximum Gasteiger partial charge on any atom is 0.228 e. The third-order valence-electron chi connectivity index (χ3n) is 4.63. The molecule has 0 saturated carbocycles. The maximum absolute atomic E-state index is 12.6. The second-order valence-corrected chi connectivity index (χ2v) is 6.37. The van der Waals surface area contributed by atoms with E-state index in [9.17, 15) is 9.59 Å². The number of amides is 2. The second kappa shape index (κ2) is 6.08. The lowest BCUT2D eigenvalue weighted by Crippen LogP contribution is -2.49. The van der Waals surface area contributed by atoms with E-state index in [0.717, 1.165) is 31.9 Å². The van der Waals surface area contributed by atoms with Crippen molar-refractivity contribution in [2.75, 3.05) is 44.7 Å². The molecular formula is C17H23N3O2. The lowest BCUT2D eigenvalue weighted by atomic mass is 10.1. The van der Waals surface area contributed by atoms with E-state index in [-0.39, 0.29) is 17.7 Å². The van der Waals surface area contributed by atoms with E-state index in [1.165, 1.54) is 5.56 Å². The number of hydrogen-bond donors (Lipinski definition) is 0. The fourth-order valence-electron chi connectivity index (χ4n) is 3.13. The first kappa shape index (κ1) is 15.0. The van der Waals surface area contributed by atoms with Crippen molar-refractivity contribution in [2.24, 2.45) is 5.92 Å². The Hall–Kier alpha value is -1.88. The molecule has 5 heteroatoms. The number of benzene rings is 1. The molecule has 0 radical (unpaired) electrons. The molecule has 0 aliphatic carbocycles. The number of aryl methyl sites for hydroxylation is 1. The van der Waals surface area contributed by atoms with Crippen molar-refractivity contribution >= 4 is 17.5 Å². The molecule has 0 N–H and O–H groups in total. The van der Waals surface area contributed by atoms with Crippen LogP contribution in [0.3, 0.4) is 0 Å². The molecule has 2 fully saturated rings. The Labute approximate surface area is 131 Å². The van der Waals surface area contributed by atoms with Gasteiger partial charge in [0, 0.05) is 44.8 Å². The average Bonchev–Trinajstić information content (AvgIpc) is 2.90. The standard InChI is InChI=1S/C17H23N3O2/c1-13-3-5-15(6-4-13)20-12-14(11-16(20)21)17(22)19-9-7-18(2)8-10-19/h3-6,14H,7-12H2,1-2H3/t14-/m0/s1. The van der Waals surface area contributed by atoms with E-state index >= 15 is 0 Å². The van der Waals surface area contributed by atoms with Gasteiger partial charge in [-0.25, -0.2) is 0 Å². The highest BCUT2D eigenvalue weighted by Crippen LogP contribution is 2.26. The summed E-state index contributed by atoms with van der Waals surface area (Å²) in [6.45, 7) is 5.89. The van der Waals surface area contributed by atoms with Gasteiger partial charge in [-0.1, -0.05) is 17.7 Å². The van der Waals surface area contributed by atoms with Crippen LogP contribution in [-0.4, -0.2) is 61.4 Å². The summed E-state index contributed by atoms with van der Waals surface area (Å²) in [5, 5.41) is 0. The number of likely N-dealkylation sites (N-methyl/N-ethyl adjacent to an activating group) is 1. The maximum atomic E-state index is 12.6. The van der Waals surface area contributed by atoms with Gasteiger partial charge in [0.05, 0.1) is 5.92 Å². The first-order chi connectivity index (χ1) is 10.5. The molecule has 0 unspecified atom stereocenters. The smallest absolute Gasteiger partial charge is 0.228 e. The predicted octanol–water partition coefficient (Wildman–Crippen LogP) is 1.12. The quantitative estimate of drug-likeness (QED) is 0.822. The molecule has 2 saturated heterocycles. The lowest BCUT2D eigenvalue weighted by molar-refractivity contribution is -0.137. The minimum Gasteiger partial charge on any atom is -0.340 e. The van der Waals surface area contributed by atoms with Gasteiger partial charge in [-0.3, -0.25) is 9.59 Å². The topological polar surface area (TPSA) is 43.9 Å². The monoisotopic (exact) mass is 301 g/mol. The third-order valence-corrected chi connectivity index (χ3v) is 4.63. The number of piperazine rings is 1. The summed E-state index contributed by atoms with van der Waals surface area (Å²) >= 11 is 0. The molecule has 2 heterocycles. The van der Waals surface area contributed by atoms with Crippen LogP contribution in [0, 0.1) is 12.8 Å². The molecular weight excluding hydrogens is 278 g/mol. The predicted molar refractivity (Wildman–Crippen MR) is 85.7 cm³/mol. The van der Waals surface area contributed by atoms with Gasteiger partial charge >= 0.3 is 0 Å². The number of anilines is 1. The van der Waals surface area contributed by atoms with Crippen LogP contribution in [0.4, 0.5) is 5.69 Å². The molecule has 2 aliphatic rings. The molecule has 1 aromatic rings. The fourth-order valence-corrected chi connectivity index (χ4v) is 3.13. The third kappa shape index (κ3) is 2.99. The van der Waals surface area contributed by atoms with Crippen molar-refractivity contribution in [1.82, 2.24) is 9.80 Å². The Kier molecular flexibility index (Phi) is 4.16. The molecule has 0 bridgehead atoms. The van der Waals surface area contributed by atoms with Gasteiger partial charge in [0.2, 0.25) is 11.8 Å². The number of carbonyl (C=O) groups excluding carboxylic acids is 2. The molecule has 1 atom stereocenters. The minimum absolute atomic E-state index is 0.0522. The second-order valence-electron chi connectivity index (χ2n) is 6.37. The van der Waals surface area contributed by atoms with Gasteiger partial charge in [-0.05, 0) is 26.1 Å². The number of nitrogens with zero attached hydrogens (tertiary/aromatic N) is 3. The first-order valence-corrected chi connectivity index (χ1v) is 7.89. The van der Waals surface area contributed by atoms with Crippen molar-refractivity contribution < 1.29 is 9.59 Å². The molecule has 5 nitrogen and oxygen atoms in total. The largest absolute Gasteiger partial charge is 0.340 e. The van der Waals surface area contributed by atoms with E-state index in [2.05, 4.69) is 11.9 Å². The molecule has 2 amide bonds. The highest BCUT2D eigenvalue weighted by Gasteiger charge is 2.37. The van der Waals surface area contributed by atoms with Crippen LogP contribution in [0.1, 0.15) is 12.0 Å². The van der Waals surface area contributed by atoms with E-state index in [1.54, 1.807) is 4.90 Å². The highest BCUT2D eigenvalue weighted by molar-refractivity contribution is 6.00. The van der Waals surface area contributed by atoms with Gasteiger partial charge < -0.3 is 14.7 Å². The van der Waals surface area contributed by atoms with Gasteiger partial charge in [0.25, 0.3) is 0 Å². The number of carbonyl (C=O) groups is 2. The molecule has 3 rings (SSSR count). The zero-order chi connectivity index (χ0) is 15.7. The van der Waals surface area contributed by atoms with Gasteiger partial charge in [-0.2, -0.15) is 0 Å². The Morgan fingerprint density at radius 1 is 1.09 bits per heavy atom. The first-order valence-electron chi connectivity index (χ1n) is 7.89. The van der Waals surface area contributed by atoms with Crippen molar-refractivity contribution in [3.63, 3.8) is 0 Å². The summed E-state index contributed by atoms with van der Waals surface area (Å²) in [6.07, 6.45) is 0.332. The molecule has 118 valence electrons. The molecule has 0 aromatic heterocycles. The summed E-state index contributed by atoms with van der Waals surface area (Å²) in [6, 6.07) is 7.91. The van der Waals surface area contributed by atoms with Crippen LogP contribution in [0.25, 0.3) is 0 Å². The van der Waals surface area contributed by atoms with Gasteiger partial charge in [0.15, 0.2) is 0 Å². The Morgan fingerprint density at radius 3 is 2.36 bits per heavy atom. The summed E-state index contributed by atoms with van der Waals surface area (Å²) in [7, 11) is 2.07. The summed E-state index contributed by atoms with van der Waals surface area (Å²) in [5.41, 5.74) is 2.06. The average molecular weight is 301 g/mol. The Bertz CT molecular complexity index is 562. The Balaban J connectivity index is 1.66. The van der Waals surface area contributed by atoms with Crippen LogP contribution >= 0.6 is 0 Å². The fraction of sp³-hybridized carbons (Fsp3) is 0.529. The van der Waals surface area contributed by atoms with Crippen LogP contribution in [0.15, 0.2) is 24.3 Å². The van der Waals surface area contributed by atoms with Crippen LogP contribution in [-0.2, 0) is 9.59 Å². The van der Waals surface area contributed by atoms with Crippen molar-refractivity contribution in [2.45, 2.75) is 13.3 Å². The Morgan fingerprint density at radius 2 is 1.73 bits per heavy atom. The summed E-state index contributed by atoms with van der Waals surface area (Å²) < 4.78 is 0. The summed E-state index contributed by atoms with van der Waals surface area (Å²) in [4.78, 5) is 30.8. The van der Waals surface area contributed by atoms with Crippen molar-refractivity contribution in [1.29, 1.82) is 0 Å². The summed E-state index contributed by atoms with van der Waals surface area (Å²) in [5.74, 6) is -0.00963. The van der Waals surface area contributed by atoms with E-state index in [4.69, 9.17) is 0 Å². The van der Waals surface area contributed by atoms with Crippen LogP contribution in [0.2, 0.25) is 0 Å². The molecule has 1 aromatic carbocycles. The van der Waals surface area contributed by atoms with E-state index in [0.29, 0.717) is 13.0 Å². The number of rotatable bonds is 2. The highest BCUT2D eigenvalue weighted by atomic mass is 16.2. The van der Waals surface area contributed by atoms with Crippen molar-refractivity contribution in [3.8, 4) is 0 Å². The van der Waals surface area contributed by atoms with Crippen LogP contribution in [0.5, 0.6) is 0 Å². The molecule has 0 spiro atoms.